The minimum absolute atomic E-state index is 0.00394. The van der Waals surface area contributed by atoms with E-state index < -0.39 is 11.8 Å². The molecule has 0 saturated carbocycles. The Morgan fingerprint density at radius 3 is 2.42 bits per heavy atom. The molecule has 170 valence electrons. The summed E-state index contributed by atoms with van der Waals surface area (Å²) in [7, 11) is 4.02. The molecule has 3 rings (SSSR count). The quantitative estimate of drug-likeness (QED) is 0.491. The van der Waals surface area contributed by atoms with Gasteiger partial charge in [0.2, 0.25) is 0 Å². The van der Waals surface area contributed by atoms with Crippen LogP contribution in [0.1, 0.15) is 43.7 Å². The zero-order valence-electron chi connectivity index (χ0n) is 18.9. The Morgan fingerprint density at radius 2 is 1.77 bits per heavy atom. The van der Waals surface area contributed by atoms with Gasteiger partial charge < -0.3 is 20.3 Å². The molecular formula is C24H36N4O3. The lowest BCUT2D eigenvalue weighted by Gasteiger charge is -2.35. The van der Waals surface area contributed by atoms with E-state index in [4.69, 9.17) is 4.74 Å². The average molecular weight is 429 g/mol. The number of nitrogens with one attached hydrogen (secondary N) is 2. The van der Waals surface area contributed by atoms with Crippen LogP contribution in [0.2, 0.25) is 0 Å². The van der Waals surface area contributed by atoms with Gasteiger partial charge in [-0.1, -0.05) is 23.8 Å². The van der Waals surface area contributed by atoms with Gasteiger partial charge in [0, 0.05) is 46.0 Å². The molecule has 0 aromatic heterocycles. The predicted molar refractivity (Wildman–Crippen MR) is 123 cm³/mol. The first-order valence-electron chi connectivity index (χ1n) is 11.4. The van der Waals surface area contributed by atoms with Crippen molar-refractivity contribution in [3.8, 4) is 0 Å². The van der Waals surface area contributed by atoms with E-state index in [1.54, 1.807) is 0 Å². The maximum atomic E-state index is 12.4. The number of allylic oxidation sites excluding steroid dienone is 1. The van der Waals surface area contributed by atoms with E-state index in [1.165, 1.54) is 18.4 Å². The molecule has 1 aromatic rings. The number of rotatable bonds is 8. The second kappa shape index (κ2) is 11.9. The highest BCUT2D eigenvalue weighted by Gasteiger charge is 2.24. The lowest BCUT2D eigenvalue weighted by molar-refractivity contribution is -0.139. The van der Waals surface area contributed by atoms with Gasteiger partial charge in [-0.25, -0.2) is 0 Å². The molecule has 31 heavy (non-hydrogen) atoms. The van der Waals surface area contributed by atoms with Gasteiger partial charge >= 0.3 is 11.8 Å². The molecule has 2 N–H and O–H groups in total. The molecule has 0 spiro atoms. The smallest absolute Gasteiger partial charge is 0.309 e. The number of carbonyl (C=O) groups is 2. The fourth-order valence-corrected chi connectivity index (χ4v) is 4.16. The third-order valence-corrected chi connectivity index (χ3v) is 6.06. The van der Waals surface area contributed by atoms with E-state index in [2.05, 4.69) is 50.8 Å². The Labute approximate surface area is 185 Å². The second-order valence-corrected chi connectivity index (χ2v) is 8.47. The molecular weight excluding hydrogens is 392 g/mol. The molecule has 1 unspecified atom stereocenters. The van der Waals surface area contributed by atoms with Crippen LogP contribution in [-0.4, -0.2) is 70.2 Å². The number of morpholine rings is 1. The van der Waals surface area contributed by atoms with Crippen molar-refractivity contribution in [2.45, 2.75) is 38.1 Å². The number of hydrogen-bond acceptors (Lipinski definition) is 5. The van der Waals surface area contributed by atoms with Gasteiger partial charge in [-0.15, -0.1) is 0 Å². The molecule has 1 atom stereocenters. The zero-order chi connectivity index (χ0) is 22.1. The van der Waals surface area contributed by atoms with Crippen LogP contribution < -0.4 is 15.5 Å². The SMILES string of the molecule is CN(C)c1ccc(C(CNC(=O)C(=O)NCCC2=CCCCC2)N2CCOCC2)cc1. The fraction of sp³-hybridized carbons (Fsp3) is 0.583. The van der Waals surface area contributed by atoms with Crippen molar-refractivity contribution in [2.24, 2.45) is 0 Å². The van der Waals surface area contributed by atoms with Crippen molar-refractivity contribution in [1.82, 2.24) is 15.5 Å². The standard InChI is InChI=1S/C24H36N4O3/c1-27(2)21-10-8-20(9-11-21)22(28-14-16-31-17-15-28)18-26-24(30)23(29)25-13-12-19-6-4-3-5-7-19/h6,8-11,22H,3-5,7,12-18H2,1-2H3,(H,25,29)(H,26,30). The van der Waals surface area contributed by atoms with E-state index in [0.29, 0.717) is 26.3 Å². The van der Waals surface area contributed by atoms with Crippen LogP contribution in [0.3, 0.4) is 0 Å². The van der Waals surface area contributed by atoms with Crippen molar-refractivity contribution >= 4 is 17.5 Å². The normalized spacial score (nSPS) is 18.1. The van der Waals surface area contributed by atoms with Crippen molar-refractivity contribution in [2.75, 3.05) is 58.4 Å². The van der Waals surface area contributed by atoms with E-state index >= 15 is 0 Å². The number of ether oxygens (including phenoxy) is 1. The summed E-state index contributed by atoms with van der Waals surface area (Å²) in [5, 5.41) is 5.61. The van der Waals surface area contributed by atoms with Crippen molar-refractivity contribution in [3.05, 3.63) is 41.5 Å². The van der Waals surface area contributed by atoms with Crippen molar-refractivity contribution in [1.29, 1.82) is 0 Å². The van der Waals surface area contributed by atoms with E-state index in [0.717, 1.165) is 43.6 Å². The minimum Gasteiger partial charge on any atom is -0.379 e. The summed E-state index contributed by atoms with van der Waals surface area (Å²) < 4.78 is 5.49. The topological polar surface area (TPSA) is 73.9 Å². The van der Waals surface area contributed by atoms with Crippen molar-refractivity contribution < 1.29 is 14.3 Å². The number of benzene rings is 1. The number of amides is 2. The van der Waals surface area contributed by atoms with E-state index in [1.807, 2.05) is 14.1 Å². The minimum atomic E-state index is -0.569. The summed E-state index contributed by atoms with van der Waals surface area (Å²) in [4.78, 5) is 29.0. The highest BCUT2D eigenvalue weighted by Crippen LogP contribution is 2.24. The first kappa shape index (κ1) is 23.3. The molecule has 1 saturated heterocycles. The van der Waals surface area contributed by atoms with E-state index in [9.17, 15) is 9.59 Å². The van der Waals surface area contributed by atoms with Crippen LogP contribution in [-0.2, 0) is 14.3 Å². The van der Waals surface area contributed by atoms with Crippen LogP contribution >= 0.6 is 0 Å². The molecule has 2 amide bonds. The summed E-state index contributed by atoms with van der Waals surface area (Å²) in [6.07, 6.45) is 7.80. The van der Waals surface area contributed by atoms with Crippen LogP contribution in [0.15, 0.2) is 35.9 Å². The van der Waals surface area contributed by atoms with Crippen molar-refractivity contribution in [3.63, 3.8) is 0 Å². The van der Waals surface area contributed by atoms with Crippen LogP contribution in [0.25, 0.3) is 0 Å². The van der Waals surface area contributed by atoms with Gasteiger partial charge in [-0.3, -0.25) is 14.5 Å². The van der Waals surface area contributed by atoms with Gasteiger partial charge in [-0.05, 0) is 49.8 Å². The highest BCUT2D eigenvalue weighted by molar-refractivity contribution is 6.35. The first-order valence-corrected chi connectivity index (χ1v) is 11.4. The molecule has 1 aliphatic carbocycles. The Hall–Kier alpha value is -2.38. The Bertz CT molecular complexity index is 755. The number of hydrogen-bond donors (Lipinski definition) is 2. The number of nitrogens with zero attached hydrogens (tertiary/aromatic N) is 2. The third kappa shape index (κ3) is 7.08. The fourth-order valence-electron chi connectivity index (χ4n) is 4.16. The molecule has 7 heteroatoms. The van der Waals surface area contributed by atoms with Gasteiger partial charge in [0.25, 0.3) is 0 Å². The average Bonchev–Trinajstić information content (AvgIpc) is 2.80. The summed E-state index contributed by atoms with van der Waals surface area (Å²) >= 11 is 0. The molecule has 1 heterocycles. The monoisotopic (exact) mass is 428 g/mol. The largest absolute Gasteiger partial charge is 0.379 e. The van der Waals surface area contributed by atoms with Gasteiger partial charge in [0.15, 0.2) is 0 Å². The van der Waals surface area contributed by atoms with E-state index in [-0.39, 0.29) is 6.04 Å². The zero-order valence-corrected chi connectivity index (χ0v) is 18.9. The highest BCUT2D eigenvalue weighted by atomic mass is 16.5. The third-order valence-electron chi connectivity index (χ3n) is 6.06. The summed E-state index contributed by atoms with van der Waals surface area (Å²) in [6, 6.07) is 8.36. The lowest BCUT2D eigenvalue weighted by atomic mass is 9.97. The molecule has 7 nitrogen and oxygen atoms in total. The molecule has 0 radical (unpaired) electrons. The van der Waals surface area contributed by atoms with Crippen LogP contribution in [0.4, 0.5) is 5.69 Å². The summed E-state index contributed by atoms with van der Waals surface area (Å²) in [5.74, 6) is -1.12. The summed E-state index contributed by atoms with van der Waals surface area (Å²) in [5.41, 5.74) is 3.64. The molecule has 1 aromatic carbocycles. The Balaban J connectivity index is 1.54. The van der Waals surface area contributed by atoms with Gasteiger partial charge in [0.1, 0.15) is 0 Å². The molecule has 1 fully saturated rings. The maximum Gasteiger partial charge on any atom is 0.309 e. The molecule has 1 aliphatic heterocycles. The number of anilines is 1. The lowest BCUT2D eigenvalue weighted by Crippen LogP contribution is -2.46. The predicted octanol–water partition coefficient (Wildman–Crippen LogP) is 2.25. The summed E-state index contributed by atoms with van der Waals surface area (Å²) in [6.45, 7) is 3.86. The maximum absolute atomic E-state index is 12.4. The van der Waals surface area contributed by atoms with Crippen LogP contribution in [0, 0.1) is 0 Å². The second-order valence-electron chi connectivity index (χ2n) is 8.47. The number of carbonyl (C=O) groups excluding carboxylic acids is 2. The molecule has 2 aliphatic rings. The molecule has 0 bridgehead atoms. The van der Waals surface area contributed by atoms with Gasteiger partial charge in [-0.2, -0.15) is 0 Å². The first-order chi connectivity index (χ1) is 15.0. The Morgan fingerprint density at radius 1 is 1.06 bits per heavy atom. The van der Waals surface area contributed by atoms with Crippen LogP contribution in [0.5, 0.6) is 0 Å². The van der Waals surface area contributed by atoms with Gasteiger partial charge in [0.05, 0.1) is 19.3 Å². The Kier molecular flexibility index (Phi) is 8.91.